The fourth-order valence-corrected chi connectivity index (χ4v) is 4.85. The van der Waals surface area contributed by atoms with E-state index in [2.05, 4.69) is 29.6 Å². The zero-order chi connectivity index (χ0) is 22.8. The molecule has 3 atom stereocenters. The molecule has 4 rings (SSSR count). The molecule has 2 amide bonds. The van der Waals surface area contributed by atoms with Gasteiger partial charge in [-0.1, -0.05) is 48.5 Å². The first-order valence-corrected chi connectivity index (χ1v) is 11.0. The summed E-state index contributed by atoms with van der Waals surface area (Å²) in [6.07, 6.45) is 0.197. The van der Waals surface area contributed by atoms with Crippen molar-refractivity contribution in [2.24, 2.45) is 5.92 Å². The van der Waals surface area contributed by atoms with Crippen LogP contribution in [-0.2, 0) is 14.3 Å². The second-order valence-electron chi connectivity index (χ2n) is 8.63. The summed E-state index contributed by atoms with van der Waals surface area (Å²) in [6, 6.07) is 15.3. The summed E-state index contributed by atoms with van der Waals surface area (Å²) >= 11 is 0. The number of carboxylic acids is 1. The number of ether oxygens (including phenoxy) is 1. The first-order chi connectivity index (χ1) is 15.4. The molecule has 1 aliphatic heterocycles. The van der Waals surface area contributed by atoms with E-state index in [1.54, 1.807) is 11.8 Å². The number of alkyl carbamates (subject to hydrolysis) is 1. The van der Waals surface area contributed by atoms with Crippen LogP contribution in [0.5, 0.6) is 0 Å². The molecule has 1 fully saturated rings. The van der Waals surface area contributed by atoms with Crippen LogP contribution in [0.2, 0.25) is 0 Å². The van der Waals surface area contributed by atoms with E-state index in [-0.39, 0.29) is 24.5 Å². The number of nitrogens with zero attached hydrogens (tertiary/aromatic N) is 1. The minimum absolute atomic E-state index is 0.0470. The molecule has 2 aromatic carbocycles. The summed E-state index contributed by atoms with van der Waals surface area (Å²) in [6.45, 7) is 4.02. The summed E-state index contributed by atoms with van der Waals surface area (Å²) in [5.41, 5.74) is 4.56. The number of piperidine rings is 1. The number of carboxylic acid groups (broad SMARTS) is 1. The van der Waals surface area contributed by atoms with Crippen molar-refractivity contribution in [3.63, 3.8) is 0 Å². The first kappa shape index (κ1) is 21.9. The molecule has 0 radical (unpaired) electrons. The third kappa shape index (κ3) is 4.20. The Bertz CT molecular complexity index is 991. The highest BCUT2D eigenvalue weighted by Crippen LogP contribution is 2.44. The van der Waals surface area contributed by atoms with Crippen molar-refractivity contribution in [3.8, 4) is 11.1 Å². The van der Waals surface area contributed by atoms with Gasteiger partial charge in [0.25, 0.3) is 0 Å². The number of amides is 2. The Morgan fingerprint density at radius 1 is 1.09 bits per heavy atom. The number of nitrogens with one attached hydrogen (secondary N) is 1. The highest BCUT2D eigenvalue weighted by Gasteiger charge is 2.35. The Morgan fingerprint density at radius 2 is 1.69 bits per heavy atom. The van der Waals surface area contributed by atoms with E-state index < -0.39 is 24.0 Å². The number of rotatable bonds is 5. The van der Waals surface area contributed by atoms with E-state index in [1.165, 1.54) is 0 Å². The Hall–Kier alpha value is -3.35. The molecule has 0 saturated carbocycles. The maximum atomic E-state index is 12.8. The predicted octanol–water partition coefficient (Wildman–Crippen LogP) is 3.63. The van der Waals surface area contributed by atoms with Crippen LogP contribution in [0.1, 0.15) is 43.7 Å². The molecule has 1 saturated heterocycles. The average Bonchev–Trinajstić information content (AvgIpc) is 3.11. The highest BCUT2D eigenvalue weighted by atomic mass is 16.5. The number of fused-ring (bicyclic) bond motifs is 3. The monoisotopic (exact) mass is 436 g/mol. The van der Waals surface area contributed by atoms with Gasteiger partial charge >= 0.3 is 12.1 Å². The summed E-state index contributed by atoms with van der Waals surface area (Å²) in [5, 5.41) is 11.8. The Kier molecular flexibility index (Phi) is 6.17. The fourth-order valence-electron chi connectivity index (χ4n) is 4.85. The van der Waals surface area contributed by atoms with Crippen molar-refractivity contribution >= 4 is 18.0 Å². The van der Waals surface area contributed by atoms with Crippen LogP contribution in [0.25, 0.3) is 11.1 Å². The molecule has 32 heavy (non-hydrogen) atoms. The third-order valence-corrected chi connectivity index (χ3v) is 6.56. The van der Waals surface area contributed by atoms with Crippen LogP contribution < -0.4 is 5.32 Å². The lowest BCUT2D eigenvalue weighted by Gasteiger charge is -2.37. The molecule has 7 heteroatoms. The Morgan fingerprint density at radius 3 is 2.25 bits per heavy atom. The summed E-state index contributed by atoms with van der Waals surface area (Å²) in [5.74, 6) is -1.53. The van der Waals surface area contributed by atoms with Gasteiger partial charge < -0.3 is 20.1 Å². The van der Waals surface area contributed by atoms with Gasteiger partial charge in [0.05, 0.1) is 5.92 Å². The van der Waals surface area contributed by atoms with Gasteiger partial charge in [-0.15, -0.1) is 0 Å². The Labute approximate surface area is 187 Å². The molecule has 2 aliphatic rings. The molecular weight excluding hydrogens is 408 g/mol. The van der Waals surface area contributed by atoms with Crippen molar-refractivity contribution in [1.29, 1.82) is 0 Å². The van der Waals surface area contributed by atoms with E-state index in [0.717, 1.165) is 22.3 Å². The number of benzene rings is 2. The van der Waals surface area contributed by atoms with E-state index in [4.69, 9.17) is 4.74 Å². The zero-order valence-corrected chi connectivity index (χ0v) is 18.3. The van der Waals surface area contributed by atoms with Gasteiger partial charge in [0.15, 0.2) is 0 Å². The van der Waals surface area contributed by atoms with E-state index in [1.807, 2.05) is 31.2 Å². The first-order valence-electron chi connectivity index (χ1n) is 11.0. The van der Waals surface area contributed by atoms with Crippen molar-refractivity contribution in [2.75, 3.05) is 13.2 Å². The molecule has 1 heterocycles. The number of carbonyl (C=O) groups excluding carboxylic acids is 2. The molecular formula is C25H28N2O5. The average molecular weight is 437 g/mol. The van der Waals surface area contributed by atoms with Crippen molar-refractivity contribution < 1.29 is 24.2 Å². The second kappa shape index (κ2) is 9.02. The number of hydrogen-bond acceptors (Lipinski definition) is 4. The largest absolute Gasteiger partial charge is 0.481 e. The smallest absolute Gasteiger partial charge is 0.407 e. The minimum atomic E-state index is -0.825. The number of aliphatic carboxylic acids is 1. The number of likely N-dealkylation sites (tertiary alicyclic amines) is 1. The lowest BCUT2D eigenvalue weighted by molar-refractivity contribution is -0.147. The van der Waals surface area contributed by atoms with Gasteiger partial charge in [0.2, 0.25) is 5.91 Å². The maximum absolute atomic E-state index is 12.8. The van der Waals surface area contributed by atoms with Crippen molar-refractivity contribution in [3.05, 3.63) is 59.7 Å². The van der Waals surface area contributed by atoms with Crippen LogP contribution >= 0.6 is 0 Å². The second-order valence-corrected chi connectivity index (χ2v) is 8.63. The predicted molar refractivity (Wildman–Crippen MR) is 119 cm³/mol. The standard InChI is InChI=1S/C25H28N2O5/c1-15-13-17(24(29)30)11-12-27(15)23(28)16(2)26-25(31)32-14-22-20-9-5-3-7-18(20)19-8-4-6-10-21(19)22/h3-10,15-17,22H,11-14H2,1-2H3,(H,26,31)(H,29,30)/t15-,16+,17-/m0/s1. The lowest BCUT2D eigenvalue weighted by atomic mass is 9.91. The van der Waals surface area contributed by atoms with E-state index >= 15 is 0 Å². The van der Waals surface area contributed by atoms with Gasteiger partial charge in [-0.3, -0.25) is 9.59 Å². The van der Waals surface area contributed by atoms with Crippen LogP contribution in [0.15, 0.2) is 48.5 Å². The zero-order valence-electron chi connectivity index (χ0n) is 18.3. The van der Waals surface area contributed by atoms with Gasteiger partial charge in [0.1, 0.15) is 12.6 Å². The van der Waals surface area contributed by atoms with Crippen LogP contribution in [0.4, 0.5) is 4.79 Å². The SMILES string of the molecule is C[C@@H](NC(=O)OCC1c2ccccc2-c2ccccc21)C(=O)N1CC[C@H](C(=O)O)C[C@@H]1C. The summed E-state index contributed by atoms with van der Waals surface area (Å²) in [4.78, 5) is 38.1. The van der Waals surface area contributed by atoms with Crippen molar-refractivity contribution in [1.82, 2.24) is 10.2 Å². The minimum Gasteiger partial charge on any atom is -0.481 e. The topological polar surface area (TPSA) is 95.9 Å². The number of carbonyl (C=O) groups is 3. The van der Waals surface area contributed by atoms with Gasteiger partial charge in [-0.05, 0) is 48.9 Å². The quantitative estimate of drug-likeness (QED) is 0.746. The summed E-state index contributed by atoms with van der Waals surface area (Å²) in [7, 11) is 0. The molecule has 0 spiro atoms. The molecule has 7 nitrogen and oxygen atoms in total. The van der Waals surface area contributed by atoms with E-state index in [0.29, 0.717) is 19.4 Å². The van der Waals surface area contributed by atoms with Crippen LogP contribution in [0.3, 0.4) is 0 Å². The molecule has 168 valence electrons. The highest BCUT2D eigenvalue weighted by molar-refractivity contribution is 5.86. The molecule has 0 bridgehead atoms. The lowest BCUT2D eigenvalue weighted by Crippen LogP contribution is -2.53. The normalized spacial score (nSPS) is 20.8. The van der Waals surface area contributed by atoms with Crippen LogP contribution in [0, 0.1) is 5.92 Å². The van der Waals surface area contributed by atoms with E-state index in [9.17, 15) is 19.5 Å². The van der Waals surface area contributed by atoms with Crippen LogP contribution in [-0.4, -0.2) is 53.2 Å². The van der Waals surface area contributed by atoms with Gasteiger partial charge in [-0.2, -0.15) is 0 Å². The maximum Gasteiger partial charge on any atom is 0.407 e. The third-order valence-electron chi connectivity index (χ3n) is 6.56. The molecule has 1 aliphatic carbocycles. The van der Waals surface area contributed by atoms with Crippen molar-refractivity contribution in [2.45, 2.75) is 44.7 Å². The Balaban J connectivity index is 1.34. The summed E-state index contributed by atoms with van der Waals surface area (Å²) < 4.78 is 5.52. The molecule has 2 N–H and O–H groups in total. The number of hydrogen-bond donors (Lipinski definition) is 2. The van der Waals surface area contributed by atoms with Gasteiger partial charge in [-0.25, -0.2) is 4.79 Å². The fraction of sp³-hybridized carbons (Fsp3) is 0.400. The van der Waals surface area contributed by atoms with Gasteiger partial charge in [0, 0.05) is 18.5 Å². The molecule has 2 aromatic rings. The molecule has 0 aromatic heterocycles. The molecule has 0 unspecified atom stereocenters.